The van der Waals surface area contributed by atoms with Crippen LogP contribution in [0.2, 0.25) is 0 Å². The molecule has 27 heavy (non-hydrogen) atoms. The van der Waals surface area contributed by atoms with Gasteiger partial charge in [-0.3, -0.25) is 0 Å². The van der Waals surface area contributed by atoms with Gasteiger partial charge in [0, 0.05) is 6.54 Å². The zero-order valence-electron chi connectivity index (χ0n) is 13.6. The Morgan fingerprint density at radius 3 is 2.33 bits per heavy atom. The Kier molecular flexibility index (Phi) is 5.13. The van der Waals surface area contributed by atoms with E-state index in [-0.39, 0.29) is 10.7 Å². The maximum Gasteiger partial charge on any atom is 0.416 e. The Hall–Kier alpha value is -2.56. The van der Waals surface area contributed by atoms with Crippen molar-refractivity contribution in [1.82, 2.24) is 4.72 Å². The standard InChI is InChI=1S/C17H14F3NO5S/c18-17(19,20)11-3-5-12(6-4-11)27(23,24)21-10-13(22)14-7-8-16(26-14)15-2-1-9-25-15/h1-9,13,21-22H,10H2. The molecule has 0 fully saturated rings. The van der Waals surface area contributed by atoms with E-state index >= 15 is 0 Å². The molecule has 2 heterocycles. The first-order chi connectivity index (χ1) is 12.7. The van der Waals surface area contributed by atoms with Crippen LogP contribution in [0.5, 0.6) is 0 Å². The van der Waals surface area contributed by atoms with Crippen LogP contribution in [0.25, 0.3) is 11.5 Å². The lowest BCUT2D eigenvalue weighted by Gasteiger charge is -2.11. The summed E-state index contributed by atoms with van der Waals surface area (Å²) in [4.78, 5) is -0.349. The number of alkyl halides is 3. The van der Waals surface area contributed by atoms with Crippen molar-refractivity contribution in [1.29, 1.82) is 0 Å². The highest BCUT2D eigenvalue weighted by Gasteiger charge is 2.30. The van der Waals surface area contributed by atoms with Gasteiger partial charge in [-0.1, -0.05) is 0 Å². The highest BCUT2D eigenvalue weighted by molar-refractivity contribution is 7.89. The van der Waals surface area contributed by atoms with Crippen molar-refractivity contribution < 1.29 is 35.5 Å². The van der Waals surface area contributed by atoms with Crippen LogP contribution in [-0.2, 0) is 16.2 Å². The predicted molar refractivity (Wildman–Crippen MR) is 88.0 cm³/mol. The number of nitrogens with one attached hydrogen (secondary N) is 1. The predicted octanol–water partition coefficient (Wildman–Crippen LogP) is 3.57. The van der Waals surface area contributed by atoms with Gasteiger partial charge in [0.2, 0.25) is 10.0 Å². The van der Waals surface area contributed by atoms with E-state index in [9.17, 15) is 26.7 Å². The molecule has 0 aliphatic heterocycles. The van der Waals surface area contributed by atoms with Gasteiger partial charge in [-0.2, -0.15) is 13.2 Å². The summed E-state index contributed by atoms with van der Waals surface area (Å²) in [5, 5.41) is 10.1. The van der Waals surface area contributed by atoms with E-state index in [1.807, 2.05) is 0 Å². The summed E-state index contributed by atoms with van der Waals surface area (Å²) in [6.45, 7) is -0.422. The lowest BCUT2D eigenvalue weighted by molar-refractivity contribution is -0.137. The minimum absolute atomic E-state index is 0.108. The Balaban J connectivity index is 1.66. The Morgan fingerprint density at radius 1 is 1.04 bits per heavy atom. The molecule has 1 atom stereocenters. The maximum atomic E-state index is 12.5. The van der Waals surface area contributed by atoms with Crippen LogP contribution < -0.4 is 4.72 Å². The van der Waals surface area contributed by atoms with Gasteiger partial charge in [0.05, 0.1) is 16.7 Å². The van der Waals surface area contributed by atoms with Crippen LogP contribution in [0.1, 0.15) is 17.4 Å². The van der Waals surface area contributed by atoms with Crippen LogP contribution in [0, 0.1) is 0 Å². The second kappa shape index (κ2) is 7.22. The third kappa shape index (κ3) is 4.41. The second-order valence-corrected chi connectivity index (χ2v) is 7.34. The molecule has 0 spiro atoms. The molecule has 2 N–H and O–H groups in total. The average Bonchev–Trinajstić information content (AvgIpc) is 3.30. The van der Waals surface area contributed by atoms with E-state index in [0.717, 1.165) is 12.1 Å². The Bertz CT molecular complexity index is 992. The summed E-state index contributed by atoms with van der Waals surface area (Å²) in [6.07, 6.45) is -4.40. The third-order valence-electron chi connectivity index (χ3n) is 3.68. The molecule has 1 aromatic carbocycles. The van der Waals surface area contributed by atoms with E-state index in [1.54, 1.807) is 18.2 Å². The van der Waals surface area contributed by atoms with Gasteiger partial charge >= 0.3 is 6.18 Å². The first-order valence-corrected chi connectivity index (χ1v) is 9.14. The summed E-state index contributed by atoms with van der Waals surface area (Å²) in [7, 11) is -4.10. The van der Waals surface area contributed by atoms with Crippen LogP contribution in [0.3, 0.4) is 0 Å². The highest BCUT2D eigenvalue weighted by Crippen LogP contribution is 2.30. The van der Waals surface area contributed by atoms with Crippen molar-refractivity contribution in [3.05, 3.63) is 66.1 Å². The van der Waals surface area contributed by atoms with Crippen LogP contribution in [0.15, 0.2) is 68.5 Å². The zero-order valence-corrected chi connectivity index (χ0v) is 14.4. The average molecular weight is 401 g/mol. The SMILES string of the molecule is O=S(=O)(NCC(O)c1ccc(-c2ccco2)o1)c1ccc(C(F)(F)F)cc1. The molecular weight excluding hydrogens is 387 g/mol. The van der Waals surface area contributed by atoms with Crippen LogP contribution in [-0.4, -0.2) is 20.1 Å². The number of aliphatic hydroxyl groups excluding tert-OH is 1. The lowest BCUT2D eigenvalue weighted by Crippen LogP contribution is -2.28. The number of benzene rings is 1. The molecule has 144 valence electrons. The fourth-order valence-corrected chi connectivity index (χ4v) is 3.32. The number of sulfonamides is 1. The molecule has 0 saturated carbocycles. The van der Waals surface area contributed by atoms with Crippen molar-refractivity contribution in [2.24, 2.45) is 0 Å². The fourth-order valence-electron chi connectivity index (χ4n) is 2.28. The molecule has 2 aromatic heterocycles. The molecule has 0 amide bonds. The van der Waals surface area contributed by atoms with Gasteiger partial charge in [-0.05, 0) is 48.5 Å². The molecule has 0 radical (unpaired) electrons. The Morgan fingerprint density at radius 2 is 1.74 bits per heavy atom. The Labute approximate surface area is 152 Å². The number of halogens is 3. The number of aliphatic hydroxyl groups is 1. The van der Waals surface area contributed by atoms with Crippen molar-refractivity contribution in [3.63, 3.8) is 0 Å². The molecular formula is C17H14F3NO5S. The minimum Gasteiger partial charge on any atom is -0.461 e. The largest absolute Gasteiger partial charge is 0.461 e. The molecule has 0 aliphatic rings. The van der Waals surface area contributed by atoms with Crippen molar-refractivity contribution in [2.75, 3.05) is 6.54 Å². The lowest BCUT2D eigenvalue weighted by atomic mass is 10.2. The van der Waals surface area contributed by atoms with Crippen molar-refractivity contribution in [2.45, 2.75) is 17.2 Å². The molecule has 3 rings (SSSR count). The van der Waals surface area contributed by atoms with E-state index in [1.165, 1.54) is 12.3 Å². The van der Waals surface area contributed by atoms with Crippen molar-refractivity contribution in [3.8, 4) is 11.5 Å². The molecule has 0 bridgehead atoms. The van der Waals surface area contributed by atoms with E-state index in [2.05, 4.69) is 4.72 Å². The summed E-state index contributed by atoms with van der Waals surface area (Å²) in [5.74, 6) is 0.912. The molecule has 1 unspecified atom stereocenters. The van der Waals surface area contributed by atoms with E-state index in [0.29, 0.717) is 23.7 Å². The monoisotopic (exact) mass is 401 g/mol. The molecule has 0 saturated heterocycles. The molecule has 3 aromatic rings. The van der Waals surface area contributed by atoms with Crippen LogP contribution >= 0.6 is 0 Å². The second-order valence-electron chi connectivity index (χ2n) is 5.57. The molecule has 0 aliphatic carbocycles. The normalized spacial score (nSPS) is 13.6. The first kappa shape index (κ1) is 19.2. The smallest absolute Gasteiger partial charge is 0.416 e. The third-order valence-corrected chi connectivity index (χ3v) is 5.12. The van der Waals surface area contributed by atoms with Gasteiger partial charge in [-0.15, -0.1) is 0 Å². The molecule has 10 heteroatoms. The quantitative estimate of drug-likeness (QED) is 0.659. The van der Waals surface area contributed by atoms with E-state index < -0.39 is 34.4 Å². The van der Waals surface area contributed by atoms with Gasteiger partial charge in [-0.25, -0.2) is 13.1 Å². The van der Waals surface area contributed by atoms with Crippen molar-refractivity contribution >= 4 is 10.0 Å². The maximum absolute atomic E-state index is 12.5. The van der Waals surface area contributed by atoms with Gasteiger partial charge in [0.25, 0.3) is 0 Å². The number of furan rings is 2. The number of hydrogen-bond acceptors (Lipinski definition) is 5. The highest BCUT2D eigenvalue weighted by atomic mass is 32.2. The topological polar surface area (TPSA) is 92.7 Å². The summed E-state index contributed by atoms with van der Waals surface area (Å²) in [5.41, 5.74) is -0.956. The molecule has 6 nitrogen and oxygen atoms in total. The summed E-state index contributed by atoms with van der Waals surface area (Å²) in [6, 6.07) is 9.38. The van der Waals surface area contributed by atoms with Gasteiger partial charge in [0.15, 0.2) is 11.5 Å². The van der Waals surface area contributed by atoms with Gasteiger partial charge < -0.3 is 13.9 Å². The zero-order chi connectivity index (χ0) is 19.7. The summed E-state index contributed by atoms with van der Waals surface area (Å²) >= 11 is 0. The van der Waals surface area contributed by atoms with Crippen LogP contribution in [0.4, 0.5) is 13.2 Å². The first-order valence-electron chi connectivity index (χ1n) is 7.65. The van der Waals surface area contributed by atoms with E-state index in [4.69, 9.17) is 8.83 Å². The van der Waals surface area contributed by atoms with Gasteiger partial charge in [0.1, 0.15) is 11.9 Å². The number of rotatable bonds is 6. The fraction of sp³-hybridized carbons (Fsp3) is 0.176. The number of hydrogen-bond donors (Lipinski definition) is 2. The minimum atomic E-state index is -4.56. The summed E-state index contributed by atoms with van der Waals surface area (Å²) < 4.78 is 74.7.